The highest BCUT2D eigenvalue weighted by Gasteiger charge is 2.25. The second-order valence-electron chi connectivity index (χ2n) is 10.3. The summed E-state index contributed by atoms with van der Waals surface area (Å²) in [5, 5.41) is 15.8. The van der Waals surface area contributed by atoms with Gasteiger partial charge < -0.3 is 30.7 Å². The molecule has 5 N–H and O–H groups in total. The van der Waals surface area contributed by atoms with Gasteiger partial charge in [-0.05, 0) is 62.1 Å². The Morgan fingerprint density at radius 2 is 1.80 bits per heavy atom. The van der Waals surface area contributed by atoms with E-state index in [2.05, 4.69) is 20.6 Å². The molecule has 2 aliphatic rings. The number of nitrogens with one attached hydrogen (secondary N) is 3. The van der Waals surface area contributed by atoms with E-state index in [1.807, 2.05) is 65.6 Å². The molecule has 2 aliphatic heterocycles. The number of likely N-dealkylation sites (tertiary alicyclic amines) is 1. The summed E-state index contributed by atoms with van der Waals surface area (Å²) in [7, 11) is 0. The van der Waals surface area contributed by atoms with Gasteiger partial charge in [-0.25, -0.2) is 9.97 Å². The number of ether oxygens (including phenoxy) is 2. The first-order chi connectivity index (χ1) is 20.1. The van der Waals surface area contributed by atoms with Crippen molar-refractivity contribution in [1.29, 1.82) is 5.41 Å². The minimum absolute atomic E-state index is 0.00161. The smallest absolute Gasteiger partial charge is 0.246 e. The maximum absolute atomic E-state index is 12.9. The largest absolute Gasteiger partial charge is 0.457 e. The number of nitrogens with zero attached hydrogens (tertiary/aromatic N) is 3. The third-order valence-corrected chi connectivity index (χ3v) is 7.33. The van der Waals surface area contributed by atoms with Crippen LogP contribution in [0.25, 0.3) is 0 Å². The average Bonchev–Trinajstić information content (AvgIpc) is 3.01. The fourth-order valence-electron chi connectivity index (χ4n) is 5.10. The molecule has 10 nitrogen and oxygen atoms in total. The molecule has 1 aromatic heterocycles. The van der Waals surface area contributed by atoms with Gasteiger partial charge in [0.25, 0.3) is 0 Å². The van der Waals surface area contributed by atoms with E-state index < -0.39 is 0 Å². The minimum Gasteiger partial charge on any atom is -0.457 e. The first-order valence-electron chi connectivity index (χ1n) is 14.1. The Morgan fingerprint density at radius 1 is 1.05 bits per heavy atom. The molecule has 1 amide bonds. The van der Waals surface area contributed by atoms with E-state index in [0.717, 1.165) is 44.6 Å². The van der Waals surface area contributed by atoms with Gasteiger partial charge in [0.2, 0.25) is 5.91 Å². The molecule has 10 heteroatoms. The Bertz CT molecular complexity index is 1340. The van der Waals surface area contributed by atoms with Crippen LogP contribution in [-0.2, 0) is 9.53 Å². The van der Waals surface area contributed by atoms with E-state index in [1.165, 1.54) is 6.33 Å². The molecule has 5 rings (SSSR count). The van der Waals surface area contributed by atoms with Crippen LogP contribution in [0, 0.1) is 5.41 Å². The fraction of sp³-hybridized carbons (Fsp3) is 0.355. The van der Waals surface area contributed by atoms with E-state index in [0.29, 0.717) is 48.4 Å². The monoisotopic (exact) mass is 555 g/mol. The average molecular weight is 556 g/mol. The topological polar surface area (TPSA) is 138 Å². The molecular formula is C31H37N7O3. The van der Waals surface area contributed by atoms with Crippen molar-refractivity contribution in [3.05, 3.63) is 84.2 Å². The second-order valence-corrected chi connectivity index (χ2v) is 10.3. The fourth-order valence-corrected chi connectivity index (χ4v) is 5.10. The number of hydrogen-bond donors (Lipinski definition) is 4. The van der Waals surface area contributed by atoms with Gasteiger partial charge in [-0.15, -0.1) is 0 Å². The van der Waals surface area contributed by atoms with E-state index in [9.17, 15) is 4.79 Å². The van der Waals surface area contributed by atoms with Crippen LogP contribution < -0.4 is 21.1 Å². The third-order valence-electron chi connectivity index (χ3n) is 7.33. The van der Waals surface area contributed by atoms with Crippen LogP contribution in [-0.4, -0.2) is 71.4 Å². The highest BCUT2D eigenvalue weighted by atomic mass is 16.5. The van der Waals surface area contributed by atoms with Crippen LogP contribution >= 0.6 is 0 Å². The number of carbonyl (C=O) groups is 1. The van der Waals surface area contributed by atoms with Gasteiger partial charge in [-0.1, -0.05) is 24.3 Å². The first kappa shape index (κ1) is 28.3. The lowest BCUT2D eigenvalue weighted by Crippen LogP contribution is -2.45. The van der Waals surface area contributed by atoms with E-state index >= 15 is 0 Å². The van der Waals surface area contributed by atoms with Gasteiger partial charge in [0.15, 0.2) is 0 Å². The van der Waals surface area contributed by atoms with Crippen LogP contribution in [0.1, 0.15) is 36.8 Å². The molecule has 2 fully saturated rings. The van der Waals surface area contributed by atoms with E-state index in [1.54, 1.807) is 6.08 Å². The summed E-state index contributed by atoms with van der Waals surface area (Å²) >= 11 is 0. The van der Waals surface area contributed by atoms with Crippen LogP contribution in [0.5, 0.6) is 11.5 Å². The molecule has 0 bridgehead atoms. The number of hydrogen-bond acceptors (Lipinski definition) is 9. The summed E-state index contributed by atoms with van der Waals surface area (Å²) in [4.78, 5) is 23.3. The Kier molecular flexibility index (Phi) is 9.56. The highest BCUT2D eigenvalue weighted by Crippen LogP contribution is 2.26. The second kappa shape index (κ2) is 13.9. The molecule has 3 heterocycles. The van der Waals surface area contributed by atoms with Crippen molar-refractivity contribution in [2.45, 2.75) is 37.8 Å². The summed E-state index contributed by atoms with van der Waals surface area (Å²) in [5.74, 6) is 2.12. The standard InChI is InChI=1S/C31H37N7O3/c32-29(22-10-12-26(13-11-22)41-25-7-2-1-3-8-25)28-30(33)35-21-36-31(28)37-24-6-5-17-38(20-24)27(39)9-4-16-34-23-14-18-40-19-15-23/h1-4,7-13,21,23-24,32,34H,5-6,14-20H2,(H3,33,35,36,37)/b9-4+,32-29?. The summed E-state index contributed by atoms with van der Waals surface area (Å²) in [5.41, 5.74) is 7.56. The number of nitrogen functional groups attached to an aromatic ring is 1. The van der Waals surface area contributed by atoms with E-state index in [-0.39, 0.29) is 23.5 Å². The van der Waals surface area contributed by atoms with Crippen molar-refractivity contribution in [2.75, 3.05) is 43.9 Å². The SMILES string of the molecule is N=C(c1ccc(Oc2ccccc2)cc1)c1c(N)ncnc1NC1CCCN(C(=O)/C=C/CNC2CCOCC2)C1. The van der Waals surface area contributed by atoms with Crippen LogP contribution in [0.3, 0.4) is 0 Å². The molecule has 1 atom stereocenters. The van der Waals surface area contributed by atoms with Crippen molar-refractivity contribution in [3.8, 4) is 11.5 Å². The number of para-hydroxylation sites is 1. The van der Waals surface area contributed by atoms with Gasteiger partial charge in [0, 0.05) is 56.6 Å². The zero-order valence-electron chi connectivity index (χ0n) is 23.1. The van der Waals surface area contributed by atoms with Gasteiger partial charge >= 0.3 is 0 Å². The van der Waals surface area contributed by atoms with Gasteiger partial charge in [-0.2, -0.15) is 0 Å². The zero-order chi connectivity index (χ0) is 28.4. The molecular weight excluding hydrogens is 518 g/mol. The highest BCUT2D eigenvalue weighted by molar-refractivity contribution is 6.16. The van der Waals surface area contributed by atoms with Crippen molar-refractivity contribution in [3.63, 3.8) is 0 Å². The molecule has 2 saturated heterocycles. The summed E-state index contributed by atoms with van der Waals surface area (Å²) in [6.07, 6.45) is 8.70. The molecule has 0 radical (unpaired) electrons. The third kappa shape index (κ3) is 7.68. The predicted molar refractivity (Wildman–Crippen MR) is 160 cm³/mol. The molecule has 2 aromatic carbocycles. The number of anilines is 2. The zero-order valence-corrected chi connectivity index (χ0v) is 23.1. The number of carbonyl (C=O) groups excluding carboxylic acids is 1. The quantitative estimate of drug-likeness (QED) is 0.218. The maximum Gasteiger partial charge on any atom is 0.246 e. The molecule has 0 aliphatic carbocycles. The van der Waals surface area contributed by atoms with Crippen molar-refractivity contribution in [1.82, 2.24) is 20.2 Å². The van der Waals surface area contributed by atoms with Crippen molar-refractivity contribution < 1.29 is 14.3 Å². The lowest BCUT2D eigenvalue weighted by Gasteiger charge is -2.33. The minimum atomic E-state index is -0.0241. The summed E-state index contributed by atoms with van der Waals surface area (Å²) < 4.78 is 11.3. The Labute approximate surface area is 240 Å². The first-order valence-corrected chi connectivity index (χ1v) is 14.1. The van der Waals surface area contributed by atoms with Crippen molar-refractivity contribution >= 4 is 23.3 Å². The number of amides is 1. The van der Waals surface area contributed by atoms with E-state index in [4.69, 9.17) is 20.6 Å². The van der Waals surface area contributed by atoms with Gasteiger partial charge in [0.1, 0.15) is 29.5 Å². The van der Waals surface area contributed by atoms with Crippen molar-refractivity contribution in [2.24, 2.45) is 0 Å². The molecule has 214 valence electrons. The molecule has 0 spiro atoms. The maximum atomic E-state index is 12.9. The number of nitrogens with two attached hydrogens (primary N) is 1. The summed E-state index contributed by atoms with van der Waals surface area (Å²) in [6.45, 7) is 3.49. The predicted octanol–water partition coefficient (Wildman–Crippen LogP) is 3.99. The molecule has 3 aromatic rings. The lowest BCUT2D eigenvalue weighted by molar-refractivity contribution is -0.127. The molecule has 41 heavy (non-hydrogen) atoms. The molecule has 1 unspecified atom stereocenters. The Balaban J connectivity index is 1.20. The van der Waals surface area contributed by atoms with Crippen LogP contribution in [0.15, 0.2) is 73.1 Å². The Hall–Kier alpha value is -4.28. The number of rotatable bonds is 10. The van der Waals surface area contributed by atoms with Gasteiger partial charge in [0.05, 0.1) is 11.3 Å². The number of aromatic nitrogens is 2. The van der Waals surface area contributed by atoms with Crippen LogP contribution in [0.2, 0.25) is 0 Å². The molecule has 0 saturated carbocycles. The Morgan fingerprint density at radius 3 is 2.59 bits per heavy atom. The van der Waals surface area contributed by atoms with Crippen LogP contribution in [0.4, 0.5) is 11.6 Å². The summed E-state index contributed by atoms with van der Waals surface area (Å²) in [6, 6.07) is 17.2. The van der Waals surface area contributed by atoms with Gasteiger partial charge in [-0.3, -0.25) is 10.2 Å². The number of benzene rings is 2. The number of piperidine rings is 1. The normalized spacial score (nSPS) is 17.9. The lowest BCUT2D eigenvalue weighted by atomic mass is 10.0.